The summed E-state index contributed by atoms with van der Waals surface area (Å²) in [7, 11) is 0. The fraction of sp³-hybridized carbons (Fsp3) is 0.400. The average Bonchev–Trinajstić information content (AvgIpc) is 2.01. The van der Waals surface area contributed by atoms with E-state index >= 15 is 0 Å². The molecule has 2 N–H and O–H groups in total. The van der Waals surface area contributed by atoms with Crippen LogP contribution in [-0.2, 0) is 6.54 Å². The molecule has 0 atom stereocenters. The number of hydrogen-bond donors (Lipinski definition) is 1. The van der Waals surface area contributed by atoms with Gasteiger partial charge in [0.15, 0.2) is 0 Å². The molecule has 72 valence electrons. The molecule has 0 aliphatic rings. The maximum atomic E-state index is 5.88. The van der Waals surface area contributed by atoms with Crippen molar-refractivity contribution in [1.82, 2.24) is 0 Å². The average molecular weight is 200 g/mol. The first-order valence-corrected chi connectivity index (χ1v) is 4.66. The van der Waals surface area contributed by atoms with Crippen LogP contribution < -0.4 is 10.5 Å². The highest BCUT2D eigenvalue weighted by Crippen LogP contribution is 2.21. The fourth-order valence-electron chi connectivity index (χ4n) is 1.08. The van der Waals surface area contributed by atoms with Gasteiger partial charge in [-0.1, -0.05) is 11.6 Å². The van der Waals surface area contributed by atoms with Gasteiger partial charge >= 0.3 is 0 Å². The number of halogens is 1. The molecule has 2 nitrogen and oxygen atoms in total. The number of rotatable bonds is 3. The lowest BCUT2D eigenvalue weighted by atomic mass is 10.2. The molecule has 1 aromatic carbocycles. The van der Waals surface area contributed by atoms with Crippen LogP contribution in [0.4, 0.5) is 0 Å². The van der Waals surface area contributed by atoms with E-state index in [2.05, 4.69) is 0 Å². The zero-order valence-corrected chi connectivity index (χ0v) is 8.64. The van der Waals surface area contributed by atoms with Crippen molar-refractivity contribution in [3.05, 3.63) is 28.8 Å². The van der Waals surface area contributed by atoms with Gasteiger partial charge in [-0.15, -0.1) is 0 Å². The Bertz CT molecular complexity index is 286. The lowest BCUT2D eigenvalue weighted by molar-refractivity contribution is 0.242. The van der Waals surface area contributed by atoms with Crippen molar-refractivity contribution in [1.29, 1.82) is 0 Å². The predicted octanol–water partition coefficient (Wildman–Crippen LogP) is 2.59. The van der Waals surface area contributed by atoms with E-state index in [0.29, 0.717) is 11.6 Å². The van der Waals surface area contributed by atoms with Crippen LogP contribution in [0, 0.1) is 0 Å². The molecule has 0 heterocycles. The smallest absolute Gasteiger partial charge is 0.121 e. The van der Waals surface area contributed by atoms with E-state index in [0.717, 1.165) is 11.3 Å². The van der Waals surface area contributed by atoms with E-state index in [1.165, 1.54) is 0 Å². The van der Waals surface area contributed by atoms with Crippen LogP contribution in [0.1, 0.15) is 19.4 Å². The summed E-state index contributed by atoms with van der Waals surface area (Å²) >= 11 is 5.88. The summed E-state index contributed by atoms with van der Waals surface area (Å²) in [5.41, 5.74) is 6.49. The number of nitrogens with two attached hydrogens (primary N) is 1. The SMILES string of the molecule is CC(C)Oc1cc(Cl)cc(CN)c1. The molecule has 13 heavy (non-hydrogen) atoms. The minimum absolute atomic E-state index is 0.157. The van der Waals surface area contributed by atoms with Gasteiger partial charge < -0.3 is 10.5 Å². The monoisotopic (exact) mass is 199 g/mol. The molecule has 0 saturated carbocycles. The summed E-state index contributed by atoms with van der Waals surface area (Å²) in [6, 6.07) is 5.54. The third-order valence-electron chi connectivity index (χ3n) is 1.54. The Morgan fingerprint density at radius 2 is 2.08 bits per heavy atom. The highest BCUT2D eigenvalue weighted by Gasteiger charge is 2.01. The Hall–Kier alpha value is -0.730. The van der Waals surface area contributed by atoms with Crippen LogP contribution >= 0.6 is 11.6 Å². The van der Waals surface area contributed by atoms with Gasteiger partial charge in [-0.05, 0) is 37.6 Å². The quantitative estimate of drug-likeness (QED) is 0.812. The molecule has 1 aromatic rings. The molecule has 3 heteroatoms. The number of hydrogen-bond acceptors (Lipinski definition) is 2. The van der Waals surface area contributed by atoms with Crippen molar-refractivity contribution in [2.45, 2.75) is 26.5 Å². The van der Waals surface area contributed by atoms with Crippen LogP contribution in [0.25, 0.3) is 0 Å². The first-order chi connectivity index (χ1) is 6.11. The van der Waals surface area contributed by atoms with Gasteiger partial charge in [0.2, 0.25) is 0 Å². The Balaban J connectivity index is 2.88. The van der Waals surface area contributed by atoms with Gasteiger partial charge in [-0.2, -0.15) is 0 Å². The number of ether oxygens (including phenoxy) is 1. The molecular weight excluding hydrogens is 186 g/mol. The van der Waals surface area contributed by atoms with E-state index < -0.39 is 0 Å². The van der Waals surface area contributed by atoms with Crippen LogP contribution in [-0.4, -0.2) is 6.10 Å². The molecule has 0 aliphatic heterocycles. The lowest BCUT2D eigenvalue weighted by Gasteiger charge is -2.10. The lowest BCUT2D eigenvalue weighted by Crippen LogP contribution is -2.06. The van der Waals surface area contributed by atoms with Crippen molar-refractivity contribution < 1.29 is 4.74 Å². The van der Waals surface area contributed by atoms with Gasteiger partial charge in [0.1, 0.15) is 5.75 Å². The maximum absolute atomic E-state index is 5.88. The zero-order chi connectivity index (χ0) is 9.84. The summed E-state index contributed by atoms with van der Waals surface area (Å²) in [5, 5.41) is 0.665. The van der Waals surface area contributed by atoms with E-state index in [1.54, 1.807) is 6.07 Å². The summed E-state index contributed by atoms with van der Waals surface area (Å²) in [6.45, 7) is 4.43. The Morgan fingerprint density at radius 3 is 2.62 bits per heavy atom. The second-order valence-corrected chi connectivity index (χ2v) is 3.60. The molecule has 1 rings (SSSR count). The van der Waals surface area contributed by atoms with Gasteiger partial charge in [0.05, 0.1) is 6.10 Å². The second-order valence-electron chi connectivity index (χ2n) is 3.17. The summed E-state index contributed by atoms with van der Waals surface area (Å²) in [4.78, 5) is 0. The van der Waals surface area contributed by atoms with Gasteiger partial charge in [0.25, 0.3) is 0 Å². The normalized spacial score (nSPS) is 10.5. The summed E-state index contributed by atoms with van der Waals surface area (Å²) < 4.78 is 5.50. The number of benzene rings is 1. The molecule has 0 amide bonds. The zero-order valence-electron chi connectivity index (χ0n) is 7.88. The molecule has 0 unspecified atom stereocenters. The van der Waals surface area contributed by atoms with Crippen LogP contribution in [0.2, 0.25) is 5.02 Å². The molecule has 0 radical (unpaired) electrons. The first kappa shape index (κ1) is 10.4. The third kappa shape index (κ3) is 3.25. The molecule has 0 bridgehead atoms. The van der Waals surface area contributed by atoms with Gasteiger partial charge in [-0.3, -0.25) is 0 Å². The van der Waals surface area contributed by atoms with Gasteiger partial charge in [0, 0.05) is 11.6 Å². The molecule has 0 aliphatic carbocycles. The third-order valence-corrected chi connectivity index (χ3v) is 1.76. The predicted molar refractivity (Wildman–Crippen MR) is 55.1 cm³/mol. The molecule has 0 spiro atoms. The van der Waals surface area contributed by atoms with E-state index in [-0.39, 0.29) is 6.10 Å². The molecule has 0 fully saturated rings. The standard InChI is InChI=1S/C10H14ClNO/c1-7(2)13-10-4-8(6-12)3-9(11)5-10/h3-5,7H,6,12H2,1-2H3. The van der Waals surface area contributed by atoms with Gasteiger partial charge in [-0.25, -0.2) is 0 Å². The molecule has 0 aromatic heterocycles. The Labute approximate surface area is 83.6 Å². The highest BCUT2D eigenvalue weighted by atomic mass is 35.5. The van der Waals surface area contributed by atoms with E-state index in [1.807, 2.05) is 26.0 Å². The Morgan fingerprint density at radius 1 is 1.38 bits per heavy atom. The topological polar surface area (TPSA) is 35.2 Å². The minimum atomic E-state index is 0.157. The van der Waals surface area contributed by atoms with E-state index in [9.17, 15) is 0 Å². The van der Waals surface area contributed by atoms with Crippen molar-refractivity contribution in [2.24, 2.45) is 5.73 Å². The highest BCUT2D eigenvalue weighted by molar-refractivity contribution is 6.30. The largest absolute Gasteiger partial charge is 0.491 e. The van der Waals surface area contributed by atoms with Crippen molar-refractivity contribution in [3.63, 3.8) is 0 Å². The van der Waals surface area contributed by atoms with Crippen molar-refractivity contribution >= 4 is 11.6 Å². The van der Waals surface area contributed by atoms with E-state index in [4.69, 9.17) is 22.1 Å². The minimum Gasteiger partial charge on any atom is -0.491 e. The van der Waals surface area contributed by atoms with Crippen LogP contribution in [0.5, 0.6) is 5.75 Å². The second kappa shape index (κ2) is 4.49. The molecule has 0 saturated heterocycles. The van der Waals surface area contributed by atoms with Crippen LogP contribution in [0.3, 0.4) is 0 Å². The first-order valence-electron chi connectivity index (χ1n) is 4.28. The maximum Gasteiger partial charge on any atom is 0.121 e. The molecular formula is C10H14ClNO. The van der Waals surface area contributed by atoms with Crippen molar-refractivity contribution in [2.75, 3.05) is 0 Å². The van der Waals surface area contributed by atoms with Crippen molar-refractivity contribution in [3.8, 4) is 5.75 Å². The Kier molecular flexibility index (Phi) is 3.58. The summed E-state index contributed by atoms with van der Waals surface area (Å²) in [5.74, 6) is 0.781. The fourth-order valence-corrected chi connectivity index (χ4v) is 1.33. The summed E-state index contributed by atoms with van der Waals surface area (Å²) in [6.07, 6.45) is 0.157. The van der Waals surface area contributed by atoms with Crippen LogP contribution in [0.15, 0.2) is 18.2 Å².